The van der Waals surface area contributed by atoms with Gasteiger partial charge in [0.15, 0.2) is 5.65 Å². The number of pyridine rings is 1. The van der Waals surface area contributed by atoms with Crippen LogP contribution < -0.4 is 4.90 Å². The molecule has 0 spiro atoms. The van der Waals surface area contributed by atoms with Gasteiger partial charge in [-0.25, -0.2) is 15.0 Å². The van der Waals surface area contributed by atoms with Crippen molar-refractivity contribution in [1.29, 1.82) is 0 Å². The number of aliphatic hydroxyl groups excluding tert-OH is 1. The molecule has 2 N–H and O–H groups in total. The largest absolute Gasteiger partial charge is 0.396 e. The first kappa shape index (κ1) is 18.8. The number of anilines is 1. The first-order valence-corrected chi connectivity index (χ1v) is 11.5. The highest BCUT2D eigenvalue weighted by Gasteiger charge is 2.24. The van der Waals surface area contributed by atoms with E-state index < -0.39 is 0 Å². The van der Waals surface area contributed by atoms with Gasteiger partial charge in [-0.2, -0.15) is 0 Å². The summed E-state index contributed by atoms with van der Waals surface area (Å²) >= 11 is 0. The predicted molar refractivity (Wildman–Crippen MR) is 122 cm³/mol. The molecule has 1 aromatic carbocycles. The first-order chi connectivity index (χ1) is 15.3. The molecule has 4 heterocycles. The second-order valence-corrected chi connectivity index (χ2v) is 9.06. The van der Waals surface area contributed by atoms with Gasteiger partial charge >= 0.3 is 0 Å². The van der Waals surface area contributed by atoms with Crippen LogP contribution >= 0.6 is 0 Å². The van der Waals surface area contributed by atoms with E-state index in [1.165, 1.54) is 37.6 Å². The standard InChI is InChI=1S/C24H28N6O/c31-13-16-8-9-29(12-16)22-11-19(23-24(28-22)26-14-25-23)17-6-7-21-20(10-17)27-15-30(21)18-4-2-1-3-5-18/h6-7,10-11,14-16,18,31H,1-5,8-9,12-13H2,(H,25,26,28). The lowest BCUT2D eigenvalue weighted by atomic mass is 9.95. The zero-order chi connectivity index (χ0) is 20.8. The summed E-state index contributed by atoms with van der Waals surface area (Å²) in [7, 11) is 0. The fourth-order valence-corrected chi connectivity index (χ4v) is 5.34. The summed E-state index contributed by atoms with van der Waals surface area (Å²) in [6.45, 7) is 1.98. The number of nitrogens with one attached hydrogen (secondary N) is 1. The van der Waals surface area contributed by atoms with Crippen LogP contribution in [-0.2, 0) is 0 Å². The Labute approximate surface area is 181 Å². The molecular formula is C24H28N6O. The minimum Gasteiger partial charge on any atom is -0.396 e. The molecule has 1 saturated carbocycles. The number of aliphatic hydroxyl groups is 1. The van der Waals surface area contributed by atoms with E-state index >= 15 is 0 Å². The van der Waals surface area contributed by atoms with E-state index in [-0.39, 0.29) is 6.61 Å². The van der Waals surface area contributed by atoms with Crippen molar-refractivity contribution in [3.8, 4) is 11.1 Å². The number of benzene rings is 1. The highest BCUT2D eigenvalue weighted by Crippen LogP contribution is 2.35. The highest BCUT2D eigenvalue weighted by molar-refractivity contribution is 5.94. The van der Waals surface area contributed by atoms with Crippen LogP contribution in [0.4, 0.5) is 5.82 Å². The summed E-state index contributed by atoms with van der Waals surface area (Å²) in [5, 5.41) is 9.53. The summed E-state index contributed by atoms with van der Waals surface area (Å²) < 4.78 is 2.38. The molecular weight excluding hydrogens is 388 g/mol. The fourth-order valence-electron chi connectivity index (χ4n) is 5.34. The molecule has 4 aromatic rings. The first-order valence-electron chi connectivity index (χ1n) is 11.5. The van der Waals surface area contributed by atoms with Crippen molar-refractivity contribution in [2.45, 2.75) is 44.6 Å². The summed E-state index contributed by atoms with van der Waals surface area (Å²) in [6.07, 6.45) is 11.2. The molecule has 1 aliphatic carbocycles. The Morgan fingerprint density at radius 1 is 1.06 bits per heavy atom. The summed E-state index contributed by atoms with van der Waals surface area (Å²) in [4.78, 5) is 19.5. The van der Waals surface area contributed by atoms with E-state index in [4.69, 9.17) is 9.97 Å². The summed E-state index contributed by atoms with van der Waals surface area (Å²) in [5.74, 6) is 1.25. The van der Waals surface area contributed by atoms with Crippen LogP contribution in [0.1, 0.15) is 44.6 Å². The lowest BCUT2D eigenvalue weighted by molar-refractivity contribution is 0.238. The van der Waals surface area contributed by atoms with Crippen molar-refractivity contribution in [1.82, 2.24) is 24.5 Å². The SMILES string of the molecule is OCC1CCN(c2cc(-c3ccc4c(c3)ncn4C3CCCCC3)c3[nH]cnc3n2)C1. The topological polar surface area (TPSA) is 82.9 Å². The number of imidazole rings is 2. The maximum absolute atomic E-state index is 9.53. The lowest BCUT2D eigenvalue weighted by Gasteiger charge is -2.23. The van der Waals surface area contributed by atoms with Crippen molar-refractivity contribution < 1.29 is 5.11 Å². The maximum atomic E-state index is 9.53. The van der Waals surface area contributed by atoms with Gasteiger partial charge < -0.3 is 19.6 Å². The minimum absolute atomic E-state index is 0.230. The van der Waals surface area contributed by atoms with E-state index in [0.29, 0.717) is 12.0 Å². The molecule has 2 aliphatic rings. The highest BCUT2D eigenvalue weighted by atomic mass is 16.3. The van der Waals surface area contributed by atoms with E-state index in [1.807, 2.05) is 6.33 Å². The zero-order valence-electron chi connectivity index (χ0n) is 17.7. The van der Waals surface area contributed by atoms with Crippen molar-refractivity contribution in [3.05, 3.63) is 36.9 Å². The van der Waals surface area contributed by atoms with E-state index in [9.17, 15) is 5.11 Å². The van der Waals surface area contributed by atoms with E-state index in [2.05, 4.69) is 43.7 Å². The quantitative estimate of drug-likeness (QED) is 0.518. The fraction of sp³-hybridized carbons (Fsp3) is 0.458. The van der Waals surface area contributed by atoms with Crippen LogP contribution in [0, 0.1) is 5.92 Å². The van der Waals surface area contributed by atoms with Gasteiger partial charge in [-0.15, -0.1) is 0 Å². The number of H-pyrrole nitrogens is 1. The number of hydrogen-bond donors (Lipinski definition) is 2. The van der Waals surface area contributed by atoms with Gasteiger partial charge in [0, 0.05) is 37.2 Å². The van der Waals surface area contributed by atoms with Crippen LogP contribution in [0.5, 0.6) is 0 Å². The van der Waals surface area contributed by atoms with Crippen LogP contribution in [0.2, 0.25) is 0 Å². The molecule has 160 valence electrons. The average molecular weight is 417 g/mol. The van der Waals surface area contributed by atoms with E-state index in [0.717, 1.165) is 53.1 Å². The van der Waals surface area contributed by atoms with Crippen molar-refractivity contribution >= 4 is 28.0 Å². The maximum Gasteiger partial charge on any atom is 0.180 e. The Kier molecular flexibility index (Phi) is 4.64. The third-order valence-corrected chi connectivity index (χ3v) is 7.10. The Hall–Kier alpha value is -2.93. The molecule has 0 amide bonds. The number of nitrogens with zero attached hydrogens (tertiary/aromatic N) is 5. The molecule has 7 nitrogen and oxygen atoms in total. The third kappa shape index (κ3) is 3.28. The van der Waals surface area contributed by atoms with Crippen LogP contribution in [0.3, 0.4) is 0 Å². The predicted octanol–water partition coefficient (Wildman–Crippen LogP) is 4.30. The molecule has 0 radical (unpaired) electrons. The molecule has 31 heavy (non-hydrogen) atoms. The zero-order valence-corrected chi connectivity index (χ0v) is 17.7. The number of aromatic amines is 1. The number of hydrogen-bond acceptors (Lipinski definition) is 5. The molecule has 1 saturated heterocycles. The third-order valence-electron chi connectivity index (χ3n) is 7.10. The Bertz CT molecular complexity index is 1220. The van der Waals surface area contributed by atoms with E-state index in [1.54, 1.807) is 6.33 Å². The van der Waals surface area contributed by atoms with Gasteiger partial charge in [0.1, 0.15) is 5.82 Å². The number of rotatable bonds is 4. The molecule has 0 bridgehead atoms. The molecule has 1 aliphatic heterocycles. The van der Waals surface area contributed by atoms with Crippen molar-refractivity contribution in [3.63, 3.8) is 0 Å². The molecule has 1 atom stereocenters. The molecule has 3 aromatic heterocycles. The normalized spacial score (nSPS) is 20.3. The van der Waals surface area contributed by atoms with Crippen LogP contribution in [0.25, 0.3) is 33.3 Å². The Morgan fingerprint density at radius 2 is 1.97 bits per heavy atom. The monoisotopic (exact) mass is 416 g/mol. The molecule has 2 fully saturated rings. The lowest BCUT2D eigenvalue weighted by Crippen LogP contribution is -2.21. The average Bonchev–Trinajstić information content (AvgIpc) is 3.57. The van der Waals surface area contributed by atoms with Crippen LogP contribution in [-0.4, -0.2) is 49.3 Å². The minimum atomic E-state index is 0.230. The van der Waals surface area contributed by atoms with Gasteiger partial charge in [0.05, 0.1) is 29.2 Å². The second kappa shape index (κ2) is 7.64. The Balaban J connectivity index is 1.40. The van der Waals surface area contributed by atoms with Gasteiger partial charge in [0.2, 0.25) is 0 Å². The van der Waals surface area contributed by atoms with Gasteiger partial charge in [0.25, 0.3) is 0 Å². The summed E-state index contributed by atoms with van der Waals surface area (Å²) in [5.41, 5.74) is 6.16. The summed E-state index contributed by atoms with van der Waals surface area (Å²) in [6, 6.07) is 9.33. The smallest absolute Gasteiger partial charge is 0.180 e. The van der Waals surface area contributed by atoms with Crippen molar-refractivity contribution in [2.24, 2.45) is 5.92 Å². The molecule has 7 heteroatoms. The molecule has 1 unspecified atom stereocenters. The second-order valence-electron chi connectivity index (χ2n) is 9.06. The molecule has 6 rings (SSSR count). The van der Waals surface area contributed by atoms with Gasteiger partial charge in [-0.05, 0) is 43.0 Å². The number of fused-ring (bicyclic) bond motifs is 2. The van der Waals surface area contributed by atoms with Gasteiger partial charge in [-0.3, -0.25) is 0 Å². The number of aromatic nitrogens is 5. The Morgan fingerprint density at radius 3 is 2.81 bits per heavy atom. The van der Waals surface area contributed by atoms with Crippen molar-refractivity contribution in [2.75, 3.05) is 24.6 Å². The van der Waals surface area contributed by atoms with Gasteiger partial charge in [-0.1, -0.05) is 25.3 Å². The van der Waals surface area contributed by atoms with Crippen LogP contribution in [0.15, 0.2) is 36.9 Å².